The molecular weight excluding hydrogens is 74.1 g/mol. The molecule has 0 heterocycles. The molecule has 0 aromatic rings. The lowest BCUT2D eigenvalue weighted by atomic mass is 10.5. The Labute approximate surface area is 37.4 Å². The minimum Gasteiger partial charge on any atom is -0.110 e. The minimum absolute atomic E-state index is 0.752. The maximum atomic E-state index is 3.75. The Morgan fingerprint density at radius 2 is 2.50 bits per heavy atom. The molecule has 1 saturated carbocycles. The van der Waals surface area contributed by atoms with Gasteiger partial charge in [-0.25, -0.2) is 0 Å². The molecule has 0 aromatic carbocycles. The molecule has 1 unspecified atom stereocenters. The molecule has 0 saturated heterocycles. The Balaban J connectivity index is 2.67. The summed E-state index contributed by atoms with van der Waals surface area (Å²) in [5.74, 6) is 0.752. The third-order valence-electron chi connectivity index (χ3n) is 1.13. The average Bonchev–Trinajstić information content (AvgIpc) is 2.19. The van der Waals surface area contributed by atoms with Crippen LogP contribution in [0.5, 0.6) is 0 Å². The van der Waals surface area contributed by atoms with E-state index in [9.17, 15) is 0 Å². The minimum atomic E-state index is 0.752. The number of rotatable bonds is 0. The fourth-order valence-corrected chi connectivity index (χ4v) is 0.475. The molecule has 1 atom stereocenters. The highest BCUT2D eigenvalue weighted by molar-refractivity contribution is 6.00. The van der Waals surface area contributed by atoms with Crippen molar-refractivity contribution in [1.82, 2.24) is 4.67 Å². The van der Waals surface area contributed by atoms with Crippen LogP contribution in [-0.4, -0.2) is 12.4 Å². The van der Waals surface area contributed by atoms with Gasteiger partial charge in [-0.3, -0.25) is 0 Å². The lowest BCUT2D eigenvalue weighted by Crippen LogP contribution is -1.71. The number of hydrogen-bond acceptors (Lipinski definition) is 0. The van der Waals surface area contributed by atoms with Gasteiger partial charge in [0, 0.05) is 0 Å². The van der Waals surface area contributed by atoms with Crippen molar-refractivity contribution in [1.29, 1.82) is 0 Å². The Hall–Kier alpha value is -0.550. The molecule has 0 spiro atoms. The first-order chi connectivity index (χ1) is 2.84. The monoisotopic (exact) mass is 82.1 g/mol. The molecule has 0 aliphatic heterocycles. The molecule has 1 heteroatoms. The van der Waals surface area contributed by atoms with Gasteiger partial charge < -0.3 is 0 Å². The molecule has 1 fully saturated rings. The van der Waals surface area contributed by atoms with Crippen LogP contribution in [0.15, 0.2) is 0 Å². The fraction of sp³-hybridized carbons (Fsp3) is 0.600. The summed E-state index contributed by atoms with van der Waals surface area (Å²) in [4.78, 5) is 0. The van der Waals surface area contributed by atoms with Crippen LogP contribution < -0.4 is 4.67 Å². The summed E-state index contributed by atoms with van der Waals surface area (Å²) >= 11 is 0. The van der Waals surface area contributed by atoms with E-state index in [-0.39, 0.29) is 0 Å². The Morgan fingerprint density at radius 1 is 2.00 bits per heavy atom. The van der Waals surface area contributed by atoms with Gasteiger partial charge in [0.2, 0.25) is 0 Å². The molecule has 0 aromatic heterocycles. The second kappa shape index (κ2) is 0.954. The van der Waals surface area contributed by atoms with Crippen LogP contribution in [0.25, 0.3) is 0 Å². The summed E-state index contributed by atoms with van der Waals surface area (Å²) in [5, 5.41) is 0. The smallest absolute Gasteiger partial charge is 0.110 e. The van der Waals surface area contributed by atoms with E-state index in [0.717, 1.165) is 5.92 Å². The molecule has 0 bridgehead atoms. The van der Waals surface area contributed by atoms with Gasteiger partial charge in [-0.05, 0) is 0 Å². The van der Waals surface area contributed by atoms with Gasteiger partial charge in [0.1, 0.15) is 0 Å². The molecule has 1 nitrogen and oxygen atoms in total. The highest BCUT2D eigenvalue weighted by atomic mass is 14.6. The van der Waals surface area contributed by atoms with E-state index in [0.29, 0.717) is 0 Å². The zero-order chi connectivity index (χ0) is 4.57. The maximum Gasteiger partial charge on any atom is 0.284 e. The fourth-order valence-electron chi connectivity index (χ4n) is 0.475. The highest BCUT2D eigenvalue weighted by Crippen LogP contribution is 2.20. The first-order valence-electron chi connectivity index (χ1n) is 2.17. The molecule has 0 N–H and O–H groups in total. The van der Waals surface area contributed by atoms with Crippen molar-refractivity contribution in [3.8, 4) is 0 Å². The summed E-state index contributed by atoms with van der Waals surface area (Å²) in [6.07, 6.45) is 1.18. The molecule has 1 rings (SSSR count). The van der Waals surface area contributed by atoms with E-state index in [1.807, 2.05) is 0 Å². The molecule has 32 valence electrons. The predicted molar refractivity (Wildman–Crippen MR) is 28.0 cm³/mol. The summed E-state index contributed by atoms with van der Waals surface area (Å²) in [6.45, 7) is 5.54. The molecule has 1 aliphatic rings. The van der Waals surface area contributed by atoms with Gasteiger partial charge in [-0.1, -0.05) is 6.92 Å². The predicted octanol–water partition coefficient (Wildman–Crippen LogP) is 0.235. The van der Waals surface area contributed by atoms with Gasteiger partial charge in [0.15, 0.2) is 0 Å². The Bertz CT molecular complexity index is 109. The summed E-state index contributed by atoms with van der Waals surface area (Å²) in [6, 6.07) is 0. The third-order valence-corrected chi connectivity index (χ3v) is 1.13. The first-order valence-corrected chi connectivity index (χ1v) is 2.17. The van der Waals surface area contributed by atoms with Gasteiger partial charge >= 0.3 is 0 Å². The van der Waals surface area contributed by atoms with Crippen LogP contribution in [0.3, 0.4) is 0 Å². The van der Waals surface area contributed by atoms with Crippen LogP contribution in [0, 0.1) is 5.92 Å². The zero-order valence-corrected chi connectivity index (χ0v) is 3.94. The van der Waals surface area contributed by atoms with E-state index in [1.54, 1.807) is 0 Å². The normalized spacial score (nSPS) is 29.5. The van der Waals surface area contributed by atoms with Gasteiger partial charge in [0.05, 0.1) is 12.3 Å². The van der Waals surface area contributed by atoms with Crippen molar-refractivity contribution < 1.29 is 0 Å². The number of hydrogen-bond donors (Lipinski definition) is 0. The van der Waals surface area contributed by atoms with Crippen molar-refractivity contribution in [3.05, 3.63) is 0 Å². The largest absolute Gasteiger partial charge is 0.284 e. The van der Waals surface area contributed by atoms with E-state index < -0.39 is 0 Å². The van der Waals surface area contributed by atoms with Crippen LogP contribution in [-0.2, 0) is 0 Å². The van der Waals surface area contributed by atoms with E-state index >= 15 is 0 Å². The second-order valence-electron chi connectivity index (χ2n) is 1.75. The highest BCUT2D eigenvalue weighted by Gasteiger charge is 2.36. The van der Waals surface area contributed by atoms with Gasteiger partial charge in [-0.2, -0.15) is 0 Å². The van der Waals surface area contributed by atoms with Crippen molar-refractivity contribution in [2.24, 2.45) is 5.92 Å². The SMILES string of the molecule is C=[N+]=C1CC1C. The second-order valence-corrected chi connectivity index (χ2v) is 1.75. The lowest BCUT2D eigenvalue weighted by Gasteiger charge is -1.48. The molecule has 0 amide bonds. The topological polar surface area (TPSA) is 14.1 Å². The summed E-state index contributed by atoms with van der Waals surface area (Å²) < 4.78 is 3.75. The van der Waals surface area contributed by atoms with Crippen LogP contribution in [0.4, 0.5) is 0 Å². The summed E-state index contributed by atoms with van der Waals surface area (Å²) in [5.41, 5.74) is 1.27. The zero-order valence-electron chi connectivity index (χ0n) is 3.94. The van der Waals surface area contributed by atoms with E-state index in [4.69, 9.17) is 0 Å². The van der Waals surface area contributed by atoms with E-state index in [1.165, 1.54) is 12.1 Å². The summed E-state index contributed by atoms with van der Waals surface area (Å²) in [7, 11) is 0. The quantitative estimate of drug-likeness (QED) is 0.293. The van der Waals surface area contributed by atoms with E-state index in [2.05, 4.69) is 18.3 Å². The first kappa shape index (κ1) is 3.63. The molecule has 0 radical (unpaired) electrons. The standard InChI is InChI=1S/C5H8N/c1-4-3-5(4)6-2/h4H,2-3H2,1H3/q+1. The van der Waals surface area contributed by atoms with Crippen molar-refractivity contribution in [2.75, 3.05) is 0 Å². The van der Waals surface area contributed by atoms with Gasteiger partial charge in [-0.15, -0.1) is 4.67 Å². The maximum absolute atomic E-state index is 3.75. The average molecular weight is 82.1 g/mol. The lowest BCUT2D eigenvalue weighted by molar-refractivity contribution is 1.03. The third kappa shape index (κ3) is 0.373. The van der Waals surface area contributed by atoms with Crippen molar-refractivity contribution in [3.63, 3.8) is 0 Å². The Morgan fingerprint density at radius 3 is 2.50 bits per heavy atom. The number of nitrogens with zero attached hydrogens (tertiary/aromatic N) is 1. The van der Waals surface area contributed by atoms with Crippen LogP contribution >= 0.6 is 0 Å². The molecule has 1 aliphatic carbocycles. The van der Waals surface area contributed by atoms with Crippen LogP contribution in [0.1, 0.15) is 13.3 Å². The van der Waals surface area contributed by atoms with Crippen LogP contribution in [0.2, 0.25) is 0 Å². The molecular formula is C5H8N+. The van der Waals surface area contributed by atoms with Crippen molar-refractivity contribution >= 4 is 12.4 Å². The Kier molecular flexibility index (Phi) is 0.578. The van der Waals surface area contributed by atoms with Crippen molar-refractivity contribution in [2.45, 2.75) is 13.3 Å². The van der Waals surface area contributed by atoms with Gasteiger partial charge in [0.25, 0.3) is 12.4 Å². The molecule has 6 heavy (non-hydrogen) atoms.